The summed E-state index contributed by atoms with van der Waals surface area (Å²) in [5.41, 5.74) is -0.223. The molecule has 156 valence electrons. The van der Waals surface area contributed by atoms with Gasteiger partial charge < -0.3 is 19.7 Å². The fraction of sp³-hybridized carbons (Fsp3) is 0.800. The Hall–Kier alpha value is -2.12. The molecule has 0 saturated carbocycles. The van der Waals surface area contributed by atoms with Crippen molar-refractivity contribution in [2.75, 3.05) is 26.2 Å². The zero-order chi connectivity index (χ0) is 20.5. The lowest BCUT2D eigenvalue weighted by atomic mass is 9.96. The molecular formula is C20H35N7O. The standard InChI is InChI=1S/C20H35N7O/c1-7-21-19(25-12-18(28)27(14(2)3)20(5,6)13-25)22-10-16-8-9-17-24-23-15(4)26(17)11-16/h14,16H,7-13H2,1-6H3,(H,21,22). The van der Waals surface area contributed by atoms with Gasteiger partial charge in [-0.2, -0.15) is 0 Å². The molecule has 0 spiro atoms. The summed E-state index contributed by atoms with van der Waals surface area (Å²) in [4.78, 5) is 21.8. The molecule has 1 amide bonds. The second kappa shape index (κ2) is 8.09. The van der Waals surface area contributed by atoms with Crippen LogP contribution in [0.4, 0.5) is 0 Å². The minimum absolute atomic E-state index is 0.166. The molecule has 1 aromatic rings. The van der Waals surface area contributed by atoms with Gasteiger partial charge in [0.25, 0.3) is 0 Å². The van der Waals surface area contributed by atoms with Gasteiger partial charge in [0.05, 0.1) is 12.1 Å². The number of fused-ring (bicyclic) bond motifs is 1. The predicted octanol–water partition coefficient (Wildman–Crippen LogP) is 1.45. The number of hydrogen-bond acceptors (Lipinski definition) is 4. The number of carbonyl (C=O) groups excluding carboxylic acids is 1. The van der Waals surface area contributed by atoms with Crippen molar-refractivity contribution in [1.29, 1.82) is 0 Å². The molecule has 1 fully saturated rings. The number of piperazine rings is 1. The van der Waals surface area contributed by atoms with Crippen molar-refractivity contribution in [1.82, 2.24) is 29.9 Å². The molecule has 8 nitrogen and oxygen atoms in total. The third kappa shape index (κ3) is 4.15. The van der Waals surface area contributed by atoms with Gasteiger partial charge in [-0.25, -0.2) is 0 Å². The average Bonchev–Trinajstić information content (AvgIpc) is 2.97. The third-order valence-corrected chi connectivity index (χ3v) is 5.70. The second-order valence-electron chi connectivity index (χ2n) is 8.90. The fourth-order valence-corrected chi connectivity index (χ4v) is 4.63. The fourth-order valence-electron chi connectivity index (χ4n) is 4.63. The lowest BCUT2D eigenvalue weighted by molar-refractivity contribution is -0.145. The van der Waals surface area contributed by atoms with Crippen LogP contribution in [0.25, 0.3) is 0 Å². The highest BCUT2D eigenvalue weighted by atomic mass is 16.2. The number of carbonyl (C=O) groups is 1. The van der Waals surface area contributed by atoms with E-state index in [-0.39, 0.29) is 17.5 Å². The average molecular weight is 390 g/mol. The Morgan fingerprint density at radius 1 is 1.36 bits per heavy atom. The number of aromatic nitrogens is 3. The maximum atomic E-state index is 12.8. The minimum atomic E-state index is -0.223. The van der Waals surface area contributed by atoms with E-state index in [0.717, 1.165) is 56.6 Å². The first-order valence-electron chi connectivity index (χ1n) is 10.5. The Kier molecular flexibility index (Phi) is 5.95. The highest BCUT2D eigenvalue weighted by Gasteiger charge is 2.40. The summed E-state index contributed by atoms with van der Waals surface area (Å²) in [5, 5.41) is 11.8. The number of guanidine groups is 1. The van der Waals surface area contributed by atoms with Gasteiger partial charge in [-0.15, -0.1) is 10.2 Å². The van der Waals surface area contributed by atoms with E-state index in [9.17, 15) is 4.79 Å². The van der Waals surface area contributed by atoms with E-state index in [0.29, 0.717) is 12.5 Å². The number of aryl methyl sites for hydroxylation is 2. The summed E-state index contributed by atoms with van der Waals surface area (Å²) in [6, 6.07) is 0.202. The van der Waals surface area contributed by atoms with Gasteiger partial charge in [-0.3, -0.25) is 9.79 Å². The van der Waals surface area contributed by atoms with Crippen LogP contribution >= 0.6 is 0 Å². The molecular weight excluding hydrogens is 354 g/mol. The molecule has 0 bridgehead atoms. The van der Waals surface area contributed by atoms with Crippen LogP contribution in [0, 0.1) is 12.8 Å². The first-order valence-corrected chi connectivity index (χ1v) is 10.5. The summed E-state index contributed by atoms with van der Waals surface area (Å²) < 4.78 is 2.21. The van der Waals surface area contributed by atoms with Crippen LogP contribution in [0.1, 0.15) is 52.7 Å². The van der Waals surface area contributed by atoms with Crippen molar-refractivity contribution >= 4 is 11.9 Å². The summed E-state index contributed by atoms with van der Waals surface area (Å²) in [6.07, 6.45) is 2.03. The predicted molar refractivity (Wildman–Crippen MR) is 110 cm³/mol. The lowest BCUT2D eigenvalue weighted by Crippen LogP contribution is -2.66. The normalized spacial score (nSPS) is 22.6. The molecule has 0 aliphatic carbocycles. The summed E-state index contributed by atoms with van der Waals surface area (Å²) >= 11 is 0. The van der Waals surface area contributed by atoms with Gasteiger partial charge in [0.2, 0.25) is 5.91 Å². The zero-order valence-electron chi connectivity index (χ0n) is 18.2. The molecule has 1 atom stereocenters. The lowest BCUT2D eigenvalue weighted by Gasteiger charge is -2.49. The molecule has 0 radical (unpaired) electrons. The molecule has 2 aliphatic heterocycles. The maximum absolute atomic E-state index is 12.8. The van der Waals surface area contributed by atoms with Gasteiger partial charge in [0, 0.05) is 38.6 Å². The van der Waals surface area contributed by atoms with E-state index in [1.807, 2.05) is 11.8 Å². The molecule has 1 N–H and O–H groups in total. The van der Waals surface area contributed by atoms with Gasteiger partial charge in [0.1, 0.15) is 11.6 Å². The van der Waals surface area contributed by atoms with Crippen molar-refractivity contribution in [3.63, 3.8) is 0 Å². The summed E-state index contributed by atoms with van der Waals surface area (Å²) in [7, 11) is 0. The second-order valence-corrected chi connectivity index (χ2v) is 8.90. The van der Waals surface area contributed by atoms with E-state index in [1.54, 1.807) is 0 Å². The Morgan fingerprint density at radius 2 is 2.11 bits per heavy atom. The van der Waals surface area contributed by atoms with Crippen LogP contribution in [0.2, 0.25) is 0 Å². The molecule has 0 aromatic carbocycles. The van der Waals surface area contributed by atoms with Crippen LogP contribution in [0.3, 0.4) is 0 Å². The van der Waals surface area contributed by atoms with Crippen LogP contribution in [-0.2, 0) is 17.8 Å². The van der Waals surface area contributed by atoms with E-state index < -0.39 is 0 Å². The van der Waals surface area contributed by atoms with Crippen LogP contribution in [0.5, 0.6) is 0 Å². The zero-order valence-corrected chi connectivity index (χ0v) is 18.2. The van der Waals surface area contributed by atoms with Crippen molar-refractivity contribution in [3.05, 3.63) is 11.6 Å². The first kappa shape index (κ1) is 20.6. The van der Waals surface area contributed by atoms with Crippen molar-refractivity contribution < 1.29 is 4.79 Å². The number of amides is 1. The molecule has 2 aliphatic rings. The topological polar surface area (TPSA) is 78.6 Å². The number of aliphatic imine (C=N–C) groups is 1. The molecule has 28 heavy (non-hydrogen) atoms. The SMILES string of the molecule is CCNC(=NCC1CCc2nnc(C)n2C1)N1CC(=O)N(C(C)C)C(C)(C)C1. The van der Waals surface area contributed by atoms with Gasteiger partial charge in [-0.1, -0.05) is 0 Å². The summed E-state index contributed by atoms with van der Waals surface area (Å²) in [5.74, 6) is 3.55. The van der Waals surface area contributed by atoms with Crippen LogP contribution < -0.4 is 5.32 Å². The number of rotatable bonds is 4. The highest BCUT2D eigenvalue weighted by molar-refractivity contribution is 5.88. The highest BCUT2D eigenvalue weighted by Crippen LogP contribution is 2.25. The third-order valence-electron chi connectivity index (χ3n) is 5.70. The van der Waals surface area contributed by atoms with E-state index in [4.69, 9.17) is 4.99 Å². The van der Waals surface area contributed by atoms with E-state index >= 15 is 0 Å². The molecule has 8 heteroatoms. The van der Waals surface area contributed by atoms with Gasteiger partial charge in [-0.05, 0) is 53.9 Å². The smallest absolute Gasteiger partial charge is 0.242 e. The molecule has 3 heterocycles. The van der Waals surface area contributed by atoms with Gasteiger partial charge in [0.15, 0.2) is 5.96 Å². The number of nitrogens with zero attached hydrogens (tertiary/aromatic N) is 6. The molecule has 1 saturated heterocycles. The molecule has 1 aromatic heterocycles. The Labute approximate surface area is 168 Å². The Morgan fingerprint density at radius 3 is 2.75 bits per heavy atom. The van der Waals surface area contributed by atoms with E-state index in [1.165, 1.54) is 0 Å². The first-order chi connectivity index (χ1) is 13.2. The molecule has 1 unspecified atom stereocenters. The maximum Gasteiger partial charge on any atom is 0.242 e. The monoisotopic (exact) mass is 389 g/mol. The largest absolute Gasteiger partial charge is 0.357 e. The van der Waals surface area contributed by atoms with Crippen LogP contribution in [0.15, 0.2) is 4.99 Å². The number of nitrogens with one attached hydrogen (secondary N) is 1. The summed E-state index contributed by atoms with van der Waals surface area (Å²) in [6.45, 7) is 16.1. The Bertz CT molecular complexity index is 737. The minimum Gasteiger partial charge on any atom is -0.357 e. The van der Waals surface area contributed by atoms with Gasteiger partial charge >= 0.3 is 0 Å². The molecule has 3 rings (SSSR count). The van der Waals surface area contributed by atoms with Crippen LogP contribution in [-0.4, -0.2) is 74.2 Å². The quantitative estimate of drug-likeness (QED) is 0.623. The van der Waals surface area contributed by atoms with Crippen molar-refractivity contribution in [2.24, 2.45) is 10.9 Å². The Balaban J connectivity index is 1.71. The number of hydrogen-bond donors (Lipinski definition) is 1. The van der Waals surface area contributed by atoms with Crippen molar-refractivity contribution in [2.45, 2.75) is 72.5 Å². The van der Waals surface area contributed by atoms with E-state index in [2.05, 4.69) is 59.6 Å². The van der Waals surface area contributed by atoms with Crippen molar-refractivity contribution in [3.8, 4) is 0 Å².